The van der Waals surface area contributed by atoms with Crippen molar-refractivity contribution in [3.8, 4) is 0 Å². The molecule has 0 bridgehead atoms. The minimum Gasteiger partial charge on any atom is -0.319 e. The van der Waals surface area contributed by atoms with Gasteiger partial charge in [-0.3, -0.25) is 0 Å². The Morgan fingerprint density at radius 1 is 0.917 bits per heavy atom. The molecular weight excluding hydrogens is 180 g/mol. The van der Waals surface area contributed by atoms with Crippen LogP contribution in [0.3, 0.4) is 0 Å². The first-order valence-electron chi connectivity index (χ1n) is 4.18. The zero-order valence-electron chi connectivity index (χ0n) is 8.46. The van der Waals surface area contributed by atoms with Gasteiger partial charge < -0.3 is 8.46 Å². The molecule has 68 valence electrons. The highest BCUT2D eigenvalue weighted by Gasteiger charge is 2.59. The van der Waals surface area contributed by atoms with Crippen LogP contribution in [-0.4, -0.2) is 39.4 Å². The Labute approximate surface area is 77.5 Å². The largest absolute Gasteiger partial charge is 0.319 e. The molecule has 12 heavy (non-hydrogen) atoms. The fourth-order valence-electron chi connectivity index (χ4n) is 1.87. The summed E-state index contributed by atoms with van der Waals surface area (Å²) < 4.78 is 5.06. The molecule has 2 nitrogen and oxygen atoms in total. The molecule has 0 N–H and O–H groups in total. The highest BCUT2D eigenvalue weighted by atomic mass is 28.5. The van der Waals surface area contributed by atoms with Crippen LogP contribution in [0.5, 0.6) is 0 Å². The van der Waals surface area contributed by atoms with Crippen molar-refractivity contribution in [1.29, 1.82) is 0 Å². The second-order valence-corrected chi connectivity index (χ2v) is 12.5. The van der Waals surface area contributed by atoms with E-state index in [9.17, 15) is 0 Å². The fraction of sp³-hybridized carbons (Fsp3) is 0.500. The van der Waals surface area contributed by atoms with Crippen molar-refractivity contribution < 1.29 is 0 Å². The van der Waals surface area contributed by atoms with Crippen molar-refractivity contribution in [2.45, 2.75) is 13.1 Å². The van der Waals surface area contributed by atoms with E-state index in [1.807, 2.05) is 0 Å². The highest BCUT2D eigenvalue weighted by molar-refractivity contribution is 7.08. The van der Waals surface area contributed by atoms with Crippen LogP contribution >= 0.6 is 0 Å². The Hall–Kier alpha value is -0.166. The molecule has 0 saturated carbocycles. The summed E-state index contributed by atoms with van der Waals surface area (Å²) in [7, 11) is 1.59. The molecule has 1 rings (SSSR count). The Morgan fingerprint density at radius 2 is 1.17 bits per heavy atom. The summed E-state index contributed by atoms with van der Waals surface area (Å²) in [5.74, 6) is 0. The van der Waals surface area contributed by atoms with Crippen LogP contribution in [0.1, 0.15) is 0 Å². The molecule has 1 aliphatic heterocycles. The Balaban J connectivity index is 2.95. The summed E-state index contributed by atoms with van der Waals surface area (Å²) >= 11 is 0. The molecule has 0 aromatic rings. The molecule has 1 heterocycles. The quantitative estimate of drug-likeness (QED) is 0.620. The van der Waals surface area contributed by atoms with Gasteiger partial charge in [0, 0.05) is 0 Å². The average Bonchev–Trinajstić information content (AvgIpc) is 2.13. The average molecular weight is 198 g/mol. The molecule has 0 spiro atoms. The van der Waals surface area contributed by atoms with E-state index in [1.54, 1.807) is 0 Å². The van der Waals surface area contributed by atoms with Gasteiger partial charge in [-0.05, 0) is 27.2 Å². The summed E-state index contributed by atoms with van der Waals surface area (Å²) in [6.07, 6.45) is 0. The molecule has 0 unspecified atom stereocenters. The predicted octanol–water partition coefficient (Wildman–Crippen LogP) is 1.46. The van der Waals surface area contributed by atoms with Crippen LogP contribution in [0.2, 0.25) is 13.1 Å². The van der Waals surface area contributed by atoms with Gasteiger partial charge in [0.05, 0.1) is 0 Å². The van der Waals surface area contributed by atoms with Crippen molar-refractivity contribution in [3.05, 3.63) is 24.6 Å². The topological polar surface area (TPSA) is 6.48 Å². The van der Waals surface area contributed by atoms with E-state index in [1.165, 1.54) is 0 Å². The molecular formula is C8H18N2Si2. The van der Waals surface area contributed by atoms with Crippen LogP contribution < -0.4 is 0 Å². The second-order valence-electron chi connectivity index (χ2n) is 3.71. The van der Waals surface area contributed by atoms with Gasteiger partial charge in [-0.15, -0.1) is 13.2 Å². The van der Waals surface area contributed by atoms with E-state index in [2.05, 4.69) is 60.2 Å². The molecule has 1 fully saturated rings. The Bertz CT molecular complexity index is 195. The Kier molecular flexibility index (Phi) is 2.20. The van der Waals surface area contributed by atoms with Gasteiger partial charge in [0.2, 0.25) is 16.8 Å². The van der Waals surface area contributed by atoms with E-state index in [0.717, 1.165) is 0 Å². The first kappa shape index (κ1) is 9.92. The van der Waals surface area contributed by atoms with E-state index >= 15 is 0 Å². The maximum absolute atomic E-state index is 3.92. The molecule has 0 aliphatic carbocycles. The van der Waals surface area contributed by atoms with Crippen molar-refractivity contribution in [3.63, 3.8) is 0 Å². The Morgan fingerprint density at radius 3 is 1.33 bits per heavy atom. The predicted molar refractivity (Wildman–Crippen MR) is 59.2 cm³/mol. The van der Waals surface area contributed by atoms with E-state index < -0.39 is 16.8 Å². The third-order valence-corrected chi connectivity index (χ3v) is 15.9. The van der Waals surface area contributed by atoms with Crippen molar-refractivity contribution in [1.82, 2.24) is 8.46 Å². The summed E-state index contributed by atoms with van der Waals surface area (Å²) in [6.45, 7) is 12.5. The lowest BCUT2D eigenvalue weighted by Gasteiger charge is -2.64. The molecule has 4 heteroatoms. The van der Waals surface area contributed by atoms with E-state index in [4.69, 9.17) is 0 Å². The van der Waals surface area contributed by atoms with Gasteiger partial charge in [-0.2, -0.15) is 0 Å². The summed E-state index contributed by atoms with van der Waals surface area (Å²) in [6, 6.07) is 0. The highest BCUT2D eigenvalue weighted by Crippen LogP contribution is 2.36. The molecule has 0 radical (unpaired) electrons. The van der Waals surface area contributed by atoms with Gasteiger partial charge in [-0.1, -0.05) is 11.4 Å². The summed E-state index contributed by atoms with van der Waals surface area (Å²) in [5, 5.41) is 0. The van der Waals surface area contributed by atoms with Crippen LogP contribution in [0.4, 0.5) is 0 Å². The second kappa shape index (κ2) is 2.66. The maximum Gasteiger partial charge on any atom is 0.217 e. The van der Waals surface area contributed by atoms with Gasteiger partial charge >= 0.3 is 0 Å². The van der Waals surface area contributed by atoms with Crippen LogP contribution in [0, 0.1) is 0 Å². The third kappa shape index (κ3) is 0.862. The van der Waals surface area contributed by atoms with Gasteiger partial charge in [0.15, 0.2) is 0 Å². The molecule has 0 amide bonds. The minimum atomic E-state index is -1.41. The zero-order valence-corrected chi connectivity index (χ0v) is 10.5. The smallest absolute Gasteiger partial charge is 0.217 e. The van der Waals surface area contributed by atoms with E-state index in [-0.39, 0.29) is 0 Å². The van der Waals surface area contributed by atoms with E-state index in [0.29, 0.717) is 0 Å². The number of hydrogen-bond donors (Lipinski definition) is 0. The number of nitrogens with zero attached hydrogens (tertiary/aromatic N) is 2. The molecule has 0 aromatic heterocycles. The molecule has 0 atom stereocenters. The maximum atomic E-state index is 3.92. The lowest BCUT2D eigenvalue weighted by atomic mass is 11.3. The fourth-order valence-corrected chi connectivity index (χ4v) is 13.4. The first-order valence-corrected chi connectivity index (χ1v) is 9.13. The van der Waals surface area contributed by atoms with Crippen LogP contribution in [0.25, 0.3) is 0 Å². The summed E-state index contributed by atoms with van der Waals surface area (Å²) in [4.78, 5) is 0. The monoisotopic (exact) mass is 198 g/mol. The van der Waals surface area contributed by atoms with Crippen molar-refractivity contribution >= 4 is 16.8 Å². The van der Waals surface area contributed by atoms with Gasteiger partial charge in [-0.25, -0.2) is 0 Å². The normalized spacial score (nSPS) is 43.7. The van der Waals surface area contributed by atoms with Crippen molar-refractivity contribution in [2.24, 2.45) is 0 Å². The van der Waals surface area contributed by atoms with Gasteiger partial charge in [0.1, 0.15) is 0 Å². The van der Waals surface area contributed by atoms with Crippen LogP contribution in [0.15, 0.2) is 24.6 Å². The summed E-state index contributed by atoms with van der Waals surface area (Å²) in [5.41, 5.74) is 4.26. The first-order chi connectivity index (χ1) is 5.43. The SMILES string of the molecule is C=C[Si]1(C)N(C)[Si](C)(C=C)N1C. The van der Waals surface area contributed by atoms with Crippen LogP contribution in [-0.2, 0) is 0 Å². The third-order valence-electron chi connectivity index (χ3n) is 3.49. The van der Waals surface area contributed by atoms with Gasteiger partial charge in [0.25, 0.3) is 0 Å². The number of hydrogen-bond acceptors (Lipinski definition) is 2. The lowest BCUT2D eigenvalue weighted by Crippen LogP contribution is -2.88. The standard InChI is InChI=1S/C8H18N2Si2/c1-7-11(5)9(3)12(6,8-2)10(11)4/h7-8H,1-2H2,3-6H3. The molecule has 1 aliphatic rings. The lowest BCUT2D eigenvalue weighted by molar-refractivity contribution is 0.498. The number of rotatable bonds is 2. The minimum absolute atomic E-state index is 1.41. The zero-order chi connectivity index (χ0) is 9.57. The molecule has 1 saturated heterocycles. The van der Waals surface area contributed by atoms with Crippen molar-refractivity contribution in [2.75, 3.05) is 14.1 Å². The molecule has 0 aromatic carbocycles.